The lowest BCUT2D eigenvalue weighted by atomic mass is 9.79. The molecule has 648 valence electrons. The van der Waals surface area contributed by atoms with Gasteiger partial charge in [0, 0.05) is 144 Å². The standard InChI is InChI=1S/C82H107N15O22S/c1-44(98)73-80(116)94-62(34-53-42-90-57-10-6-5-9-56(53)57)79(115)91-58(19-21-69(85)105)64(100)38-54(43-120-30-23-59(95-81(117)89-2)63(99)35-49(76(112)96-73)15-20-68(84)104)77(113)92-60(33-45-12-17-55(18-13-45)119-29-26-83)66(102)37-52(32-46-11-14-47-7-3-4-8-48(47)31-46)78(114)97-82(24-27-118-28-25-82)67(103)39-50(16-22-72(108)109)75(111)93-61(41-71(87)107)65(101)36-51(74(88)110)40-70(86)106/h3-14,17-18,31,42,44,49-52,54,58-62,73,90,98H,15-16,19-30,32-41,43,83H2,1-2H3,(H2,84,104)(H2,85,105)(H2,86,106)(H2,87,107)(H2,88,110)(H,91,115)(H,92,113)(H,93,111)(H,94,116)(H,96,112)(H,97,114)(H,108,109)(H2,89,95,117). The van der Waals surface area contributed by atoms with Gasteiger partial charge in [-0.25, -0.2) is 4.79 Å². The number of hydrogen-bond donors (Lipinski definition) is 17. The van der Waals surface area contributed by atoms with Crippen LogP contribution >= 0.6 is 11.8 Å². The molecule has 0 bridgehead atoms. The van der Waals surface area contributed by atoms with Gasteiger partial charge < -0.3 is 102 Å². The molecule has 2 fully saturated rings. The SMILES string of the molecule is CNC(=O)NC1CCSCC(C(=O)NC(Cc2ccc(OCCN)cc2)C(=O)CC(Cc2ccc3ccccc3c2)C(=O)NC2(C(=O)CC(CCC(=O)O)C(=O)NC(CC(N)=O)C(=O)CC(CC(N)=O)C(N)=O)CCOCC2)CC(=O)C(CCC(N)=O)NC(=O)C(Cc2c[nH]c3ccccc23)NC(=O)C(C(C)O)NC(=O)C(CCC(N)=O)CC1=O. The summed E-state index contributed by atoms with van der Waals surface area (Å²) in [5.41, 5.74) is 33.3. The molecule has 5 aromatic rings. The smallest absolute Gasteiger partial charge is 0.315 e. The molecule has 37 nitrogen and oxygen atoms in total. The van der Waals surface area contributed by atoms with Crippen LogP contribution in [0.15, 0.2) is 97.2 Å². The number of thioether (sulfide) groups is 1. The molecule has 2 aliphatic rings. The van der Waals surface area contributed by atoms with Crippen molar-refractivity contribution in [3.8, 4) is 5.75 Å². The summed E-state index contributed by atoms with van der Waals surface area (Å²) < 4.78 is 11.4. The van der Waals surface area contributed by atoms with Crippen LogP contribution in [0.1, 0.15) is 126 Å². The lowest BCUT2D eigenvalue weighted by molar-refractivity contribution is -0.142. The number of aromatic amines is 1. The van der Waals surface area contributed by atoms with Gasteiger partial charge in [0.05, 0.1) is 48.5 Å². The highest BCUT2D eigenvalue weighted by atomic mass is 32.2. The molecule has 4 aromatic carbocycles. The van der Waals surface area contributed by atoms with Crippen LogP contribution < -0.4 is 81.7 Å². The molecule has 0 radical (unpaired) electrons. The predicted molar refractivity (Wildman–Crippen MR) is 436 cm³/mol. The van der Waals surface area contributed by atoms with Crippen LogP contribution in [0, 0.1) is 29.6 Å². The Labute approximate surface area is 695 Å². The number of primary amides is 5. The first kappa shape index (κ1) is 95.1. The Bertz CT molecular complexity index is 4570. The fraction of sp³-hybridized carbons (Fsp3) is 0.488. The lowest BCUT2D eigenvalue weighted by Gasteiger charge is -2.38. The van der Waals surface area contributed by atoms with Crippen LogP contribution in [0.3, 0.4) is 0 Å². The highest BCUT2D eigenvalue weighted by Gasteiger charge is 2.46. The van der Waals surface area contributed by atoms with E-state index in [-0.39, 0.29) is 82.8 Å². The summed E-state index contributed by atoms with van der Waals surface area (Å²) >= 11 is 1.01. The summed E-state index contributed by atoms with van der Waals surface area (Å²) in [7, 11) is 1.27. The number of para-hydroxylation sites is 1. The molecule has 0 aliphatic carbocycles. The van der Waals surface area contributed by atoms with Gasteiger partial charge in [-0.15, -0.1) is 0 Å². The van der Waals surface area contributed by atoms with E-state index in [4.69, 9.17) is 43.9 Å². The Balaban J connectivity index is 1.30. The largest absolute Gasteiger partial charge is 0.492 e. The topological polar surface area (TPSA) is 634 Å². The molecule has 7 rings (SSSR count). The maximum atomic E-state index is 15.9. The average molecular weight is 1690 g/mol. The number of benzene rings is 4. The minimum Gasteiger partial charge on any atom is -0.492 e. The number of aliphatic carboxylic acids is 1. The molecule has 3 heterocycles. The molecule has 2 aliphatic heterocycles. The second kappa shape index (κ2) is 46.4. The Morgan fingerprint density at radius 3 is 1.93 bits per heavy atom. The van der Waals surface area contributed by atoms with Crippen molar-refractivity contribution >= 4 is 139 Å². The number of carbonyl (C=O) groups is 18. The number of rotatable bonds is 40. The van der Waals surface area contributed by atoms with Crippen LogP contribution in [0.2, 0.25) is 0 Å². The van der Waals surface area contributed by atoms with Crippen LogP contribution in [-0.4, -0.2) is 214 Å². The summed E-state index contributed by atoms with van der Waals surface area (Å²) in [5.74, 6) is -24.2. The molecule has 12 unspecified atom stereocenters. The van der Waals surface area contributed by atoms with Crippen molar-refractivity contribution in [3.05, 3.63) is 114 Å². The number of ether oxygens (including phenoxy) is 2. The monoisotopic (exact) mass is 1690 g/mol. The number of nitrogens with one attached hydrogen (secondary N) is 9. The van der Waals surface area contributed by atoms with E-state index in [1.54, 1.807) is 79.0 Å². The normalized spacial score (nSPS) is 19.8. The third-order valence-corrected chi connectivity index (χ3v) is 22.2. The van der Waals surface area contributed by atoms with Gasteiger partial charge in [0.15, 0.2) is 28.9 Å². The number of amides is 13. The van der Waals surface area contributed by atoms with E-state index in [1.165, 1.54) is 7.05 Å². The zero-order valence-electron chi connectivity index (χ0n) is 66.8. The molecule has 0 saturated carbocycles. The van der Waals surface area contributed by atoms with Gasteiger partial charge in [0.2, 0.25) is 65.0 Å². The maximum Gasteiger partial charge on any atom is 0.315 e. The number of aromatic nitrogens is 1. The van der Waals surface area contributed by atoms with E-state index in [9.17, 15) is 67.7 Å². The maximum absolute atomic E-state index is 15.9. The fourth-order valence-corrected chi connectivity index (χ4v) is 15.4. The van der Waals surface area contributed by atoms with Gasteiger partial charge in [-0.1, -0.05) is 72.8 Å². The number of Topliss-reactive ketones (excluding diaryl/α,β-unsaturated/α-hetero) is 5. The first-order valence-electron chi connectivity index (χ1n) is 39.4. The number of aliphatic hydroxyl groups is 1. The van der Waals surface area contributed by atoms with E-state index in [2.05, 4.69) is 47.5 Å². The van der Waals surface area contributed by atoms with Gasteiger partial charge in [-0.2, -0.15) is 11.8 Å². The van der Waals surface area contributed by atoms with Gasteiger partial charge in [-0.05, 0) is 96.9 Å². The predicted octanol–water partition coefficient (Wildman–Crippen LogP) is -0.900. The Hall–Kier alpha value is -12.0. The van der Waals surface area contributed by atoms with Crippen LogP contribution in [0.4, 0.5) is 4.79 Å². The Kier molecular flexibility index (Phi) is 36.7. The Morgan fingerprint density at radius 2 is 1.28 bits per heavy atom. The van der Waals surface area contributed by atoms with Crippen molar-refractivity contribution in [3.63, 3.8) is 0 Å². The number of fused-ring (bicyclic) bond motifs is 2. The number of aliphatic hydroxyl groups excluding tert-OH is 1. The average Bonchev–Trinajstić information content (AvgIpc) is 1.77. The van der Waals surface area contributed by atoms with Crippen LogP contribution in [-0.2, 0) is 106 Å². The van der Waals surface area contributed by atoms with Gasteiger partial charge in [-0.3, -0.25) is 81.5 Å². The van der Waals surface area contributed by atoms with Crippen LogP contribution in [0.25, 0.3) is 21.7 Å². The number of carboxylic acid groups (broad SMARTS) is 1. The number of carboxylic acids is 1. The first-order valence-corrected chi connectivity index (χ1v) is 40.6. The second-order valence-electron chi connectivity index (χ2n) is 30.2. The number of urea groups is 1. The van der Waals surface area contributed by atoms with E-state index < -0.39 is 260 Å². The third-order valence-electron chi connectivity index (χ3n) is 21.1. The summed E-state index contributed by atoms with van der Waals surface area (Å²) in [6.45, 7) is 1.14. The minimum atomic E-state index is -1.92. The number of ketones is 5. The highest BCUT2D eigenvalue weighted by Crippen LogP contribution is 2.31. The summed E-state index contributed by atoms with van der Waals surface area (Å²) in [6.07, 6.45) is -9.97. The van der Waals surface area contributed by atoms with Crippen molar-refractivity contribution < 1.29 is 106 Å². The van der Waals surface area contributed by atoms with Gasteiger partial charge in [0.1, 0.15) is 30.0 Å². The zero-order valence-corrected chi connectivity index (χ0v) is 67.6. The Morgan fingerprint density at radius 1 is 0.642 bits per heavy atom. The number of carbonyl (C=O) groups excluding carboxylic acids is 17. The molecule has 23 N–H and O–H groups in total. The van der Waals surface area contributed by atoms with Gasteiger partial charge >= 0.3 is 12.0 Å². The number of nitrogens with two attached hydrogens (primary N) is 6. The fourth-order valence-electron chi connectivity index (χ4n) is 14.3. The van der Waals surface area contributed by atoms with Crippen molar-refractivity contribution in [2.45, 2.75) is 177 Å². The third kappa shape index (κ3) is 29.5. The number of hydrogen-bond acceptors (Lipinski definition) is 23. The van der Waals surface area contributed by atoms with E-state index in [0.717, 1.165) is 29.5 Å². The van der Waals surface area contributed by atoms with Crippen molar-refractivity contribution in [2.24, 2.45) is 64.0 Å². The van der Waals surface area contributed by atoms with Crippen molar-refractivity contribution in [1.29, 1.82) is 0 Å². The minimum absolute atomic E-state index is 0.0871. The summed E-state index contributed by atoms with van der Waals surface area (Å²) in [4.78, 5) is 254. The molecule has 12 atom stereocenters. The molecular weight excluding hydrogens is 1580 g/mol. The molecule has 2 saturated heterocycles. The molecule has 0 spiro atoms. The lowest BCUT2D eigenvalue weighted by Crippen LogP contribution is -2.59. The van der Waals surface area contributed by atoms with Gasteiger partial charge in [0.25, 0.3) is 0 Å². The molecule has 13 amide bonds. The van der Waals surface area contributed by atoms with E-state index in [0.29, 0.717) is 33.3 Å². The summed E-state index contributed by atoms with van der Waals surface area (Å²) in [5, 5.41) is 44.0. The molecular formula is C82H107N15O22S. The summed E-state index contributed by atoms with van der Waals surface area (Å²) in [6, 6.07) is 15.1. The molecule has 1 aromatic heterocycles. The van der Waals surface area contributed by atoms with E-state index >= 15 is 28.8 Å². The zero-order chi connectivity index (χ0) is 87.9. The second-order valence-corrected chi connectivity index (χ2v) is 31.4. The van der Waals surface area contributed by atoms with Crippen molar-refractivity contribution in [2.75, 3.05) is 44.9 Å². The number of H-pyrrole nitrogens is 1. The molecule has 120 heavy (non-hydrogen) atoms. The molecule has 38 heteroatoms. The highest BCUT2D eigenvalue weighted by molar-refractivity contribution is 7.99. The first-order chi connectivity index (χ1) is 57.0. The van der Waals surface area contributed by atoms with E-state index in [1.807, 2.05) is 18.2 Å². The quantitative estimate of drug-likeness (QED) is 0.0226. The van der Waals surface area contributed by atoms with Crippen LogP contribution in [0.5, 0.6) is 5.75 Å². The van der Waals surface area contributed by atoms with Crippen molar-refractivity contribution in [1.82, 2.24) is 47.5 Å².